The molecule has 1 amide bonds. The molecule has 14 heteroatoms. The monoisotopic (exact) mass is 483 g/mol. The van der Waals surface area contributed by atoms with Crippen molar-refractivity contribution in [1.82, 2.24) is 24.6 Å². The van der Waals surface area contributed by atoms with E-state index in [-0.39, 0.29) is 52.6 Å². The molecule has 1 aliphatic rings. The number of likely N-dealkylation sites (tertiary alicyclic amines) is 1. The second kappa shape index (κ2) is 7.78. The minimum Gasteiger partial charge on any atom is -0.465 e. The molecule has 3 aromatic rings. The Morgan fingerprint density at radius 1 is 1.16 bits per heavy atom. The van der Waals surface area contributed by atoms with E-state index in [9.17, 15) is 26.0 Å². The summed E-state index contributed by atoms with van der Waals surface area (Å²) in [6.07, 6.45) is 2.33. The SMILES string of the molecule is CS(=O)(=O)c1ccc(-n2ncc3c(S(=O)(=O)C4CCN(C(=O)O)CC4)ncnc32)c(F)c1. The van der Waals surface area contributed by atoms with Crippen molar-refractivity contribution in [3.8, 4) is 5.69 Å². The van der Waals surface area contributed by atoms with Crippen LogP contribution in [0.1, 0.15) is 12.8 Å². The minimum atomic E-state index is -3.94. The molecule has 1 aliphatic heterocycles. The average molecular weight is 484 g/mol. The summed E-state index contributed by atoms with van der Waals surface area (Å²) in [5.41, 5.74) is -0.0724. The van der Waals surface area contributed by atoms with E-state index in [0.29, 0.717) is 0 Å². The van der Waals surface area contributed by atoms with Gasteiger partial charge >= 0.3 is 6.09 Å². The molecule has 0 atom stereocenters. The van der Waals surface area contributed by atoms with Gasteiger partial charge in [0.2, 0.25) is 0 Å². The maximum atomic E-state index is 14.7. The van der Waals surface area contributed by atoms with Gasteiger partial charge in [0.15, 0.2) is 30.3 Å². The number of carboxylic acid groups (broad SMARTS) is 1. The number of sulfone groups is 2. The second-order valence-electron chi connectivity index (χ2n) is 7.37. The second-order valence-corrected chi connectivity index (χ2v) is 11.5. The number of amides is 1. The zero-order valence-electron chi connectivity index (χ0n) is 16.7. The Hall–Kier alpha value is -3.13. The Kier molecular flexibility index (Phi) is 5.36. The number of aromatic nitrogens is 4. The van der Waals surface area contributed by atoms with Crippen LogP contribution in [0, 0.1) is 5.82 Å². The zero-order valence-corrected chi connectivity index (χ0v) is 18.3. The van der Waals surface area contributed by atoms with E-state index in [1.54, 1.807) is 0 Å². The van der Waals surface area contributed by atoms with Crippen molar-refractivity contribution < 1.29 is 31.1 Å². The van der Waals surface area contributed by atoms with Crippen LogP contribution in [0.15, 0.2) is 40.6 Å². The maximum Gasteiger partial charge on any atom is 0.407 e. The summed E-state index contributed by atoms with van der Waals surface area (Å²) in [5, 5.41) is 12.1. The summed E-state index contributed by atoms with van der Waals surface area (Å²) in [6, 6.07) is 3.29. The van der Waals surface area contributed by atoms with Crippen molar-refractivity contribution in [2.75, 3.05) is 19.3 Å². The smallest absolute Gasteiger partial charge is 0.407 e. The van der Waals surface area contributed by atoms with E-state index in [2.05, 4.69) is 15.1 Å². The maximum absolute atomic E-state index is 14.7. The molecule has 0 radical (unpaired) electrons. The number of hydrogen-bond donors (Lipinski definition) is 1. The number of nitrogens with zero attached hydrogens (tertiary/aromatic N) is 5. The lowest BCUT2D eigenvalue weighted by Gasteiger charge is -2.29. The van der Waals surface area contributed by atoms with Gasteiger partial charge in [-0.25, -0.2) is 40.7 Å². The van der Waals surface area contributed by atoms with E-state index < -0.39 is 36.8 Å². The first-order valence-electron chi connectivity index (χ1n) is 9.40. The van der Waals surface area contributed by atoms with Crippen LogP contribution in [-0.4, -0.2) is 77.3 Å². The van der Waals surface area contributed by atoms with Gasteiger partial charge in [-0.3, -0.25) is 0 Å². The molecule has 0 bridgehead atoms. The lowest BCUT2D eigenvalue weighted by Crippen LogP contribution is -2.42. The largest absolute Gasteiger partial charge is 0.465 e. The normalized spacial score (nSPS) is 15.9. The molecular formula is C18H18FN5O6S2. The molecule has 1 saturated heterocycles. The standard InChI is InChI=1S/C18H18FN5O6S2/c1-31(27,28)12-2-3-15(14(19)8-12)24-16-13(9-22-24)17(21-10-20-16)32(29,30)11-4-6-23(7-5-11)18(25)26/h2-3,8-11H,4-7H2,1H3,(H,25,26). The number of fused-ring (bicyclic) bond motifs is 1. The topological polar surface area (TPSA) is 152 Å². The van der Waals surface area contributed by atoms with Gasteiger partial charge in [0.25, 0.3) is 0 Å². The number of rotatable bonds is 4. The highest BCUT2D eigenvalue weighted by Gasteiger charge is 2.35. The van der Waals surface area contributed by atoms with Gasteiger partial charge in [0, 0.05) is 19.3 Å². The van der Waals surface area contributed by atoms with Crippen molar-refractivity contribution in [2.45, 2.75) is 28.0 Å². The van der Waals surface area contributed by atoms with Gasteiger partial charge in [-0.1, -0.05) is 0 Å². The molecule has 4 rings (SSSR count). The molecule has 32 heavy (non-hydrogen) atoms. The number of benzene rings is 1. The van der Waals surface area contributed by atoms with Gasteiger partial charge in [0.05, 0.1) is 21.7 Å². The molecule has 0 aliphatic carbocycles. The summed E-state index contributed by atoms with van der Waals surface area (Å²) in [7, 11) is -7.56. The summed E-state index contributed by atoms with van der Waals surface area (Å²) in [4.78, 5) is 20.0. The Balaban J connectivity index is 1.74. The lowest BCUT2D eigenvalue weighted by atomic mass is 10.1. The fourth-order valence-corrected chi connectivity index (χ4v) is 6.06. The number of piperidine rings is 1. The van der Waals surface area contributed by atoms with Crippen LogP contribution < -0.4 is 0 Å². The zero-order chi connectivity index (χ0) is 23.3. The minimum absolute atomic E-state index is 0.0348. The van der Waals surface area contributed by atoms with E-state index in [0.717, 1.165) is 28.2 Å². The van der Waals surface area contributed by atoms with Crippen molar-refractivity contribution >= 4 is 36.8 Å². The highest BCUT2D eigenvalue weighted by atomic mass is 32.2. The first kappa shape index (κ1) is 22.1. The van der Waals surface area contributed by atoms with Crippen LogP contribution in [0.2, 0.25) is 0 Å². The first-order valence-corrected chi connectivity index (χ1v) is 12.8. The molecular weight excluding hydrogens is 465 g/mol. The van der Waals surface area contributed by atoms with Crippen LogP contribution in [0.5, 0.6) is 0 Å². The number of carbonyl (C=O) groups is 1. The number of hydrogen-bond acceptors (Lipinski definition) is 8. The van der Waals surface area contributed by atoms with Crippen LogP contribution in [-0.2, 0) is 19.7 Å². The number of halogens is 1. The highest BCUT2D eigenvalue weighted by Crippen LogP contribution is 2.29. The predicted molar refractivity (Wildman–Crippen MR) is 110 cm³/mol. The molecule has 11 nitrogen and oxygen atoms in total. The molecule has 3 heterocycles. The van der Waals surface area contributed by atoms with E-state index in [1.165, 1.54) is 18.3 Å². The van der Waals surface area contributed by atoms with Crippen LogP contribution in [0.4, 0.5) is 9.18 Å². The van der Waals surface area contributed by atoms with Gasteiger partial charge in [-0.05, 0) is 31.0 Å². The van der Waals surface area contributed by atoms with Gasteiger partial charge < -0.3 is 10.0 Å². The van der Waals surface area contributed by atoms with Crippen LogP contribution in [0.3, 0.4) is 0 Å². The van der Waals surface area contributed by atoms with Crippen molar-refractivity contribution in [1.29, 1.82) is 0 Å². The molecule has 0 unspecified atom stereocenters. The Morgan fingerprint density at radius 3 is 2.44 bits per heavy atom. The van der Waals surface area contributed by atoms with Crippen molar-refractivity contribution in [2.24, 2.45) is 0 Å². The summed E-state index contributed by atoms with van der Waals surface area (Å²) in [5.74, 6) is -0.873. The molecule has 0 spiro atoms. The highest BCUT2D eigenvalue weighted by molar-refractivity contribution is 7.92. The average Bonchev–Trinajstić information content (AvgIpc) is 3.17. The molecule has 2 aromatic heterocycles. The van der Waals surface area contributed by atoms with Crippen molar-refractivity contribution in [3.05, 3.63) is 36.5 Å². The van der Waals surface area contributed by atoms with Gasteiger partial charge in [-0.2, -0.15) is 5.10 Å². The summed E-state index contributed by atoms with van der Waals surface area (Å²) < 4.78 is 65.4. The molecule has 170 valence electrons. The van der Waals surface area contributed by atoms with E-state index in [1.807, 2.05) is 0 Å². The lowest BCUT2D eigenvalue weighted by molar-refractivity contribution is 0.136. The quantitative estimate of drug-likeness (QED) is 0.541. The van der Waals surface area contributed by atoms with E-state index >= 15 is 0 Å². The third-order valence-corrected chi connectivity index (χ3v) is 8.65. The predicted octanol–water partition coefficient (Wildman–Crippen LogP) is 1.27. The van der Waals surface area contributed by atoms with Gasteiger partial charge in [-0.15, -0.1) is 0 Å². The molecule has 1 N–H and O–H groups in total. The summed E-state index contributed by atoms with van der Waals surface area (Å²) in [6.45, 7) is 0.176. The Labute approximate surface area is 182 Å². The fraction of sp³-hybridized carbons (Fsp3) is 0.333. The Morgan fingerprint density at radius 2 is 1.84 bits per heavy atom. The fourth-order valence-electron chi connectivity index (χ4n) is 3.63. The van der Waals surface area contributed by atoms with Crippen molar-refractivity contribution in [3.63, 3.8) is 0 Å². The van der Waals surface area contributed by atoms with E-state index in [4.69, 9.17) is 5.11 Å². The van der Waals surface area contributed by atoms with Crippen LogP contribution >= 0.6 is 0 Å². The third-order valence-electron chi connectivity index (χ3n) is 5.33. The van der Waals surface area contributed by atoms with Gasteiger partial charge in [0.1, 0.15) is 17.8 Å². The molecule has 1 fully saturated rings. The summed E-state index contributed by atoms with van der Waals surface area (Å²) >= 11 is 0. The Bertz CT molecular complexity index is 1430. The molecule has 0 saturated carbocycles. The van der Waals surface area contributed by atoms with Crippen LogP contribution in [0.25, 0.3) is 16.7 Å². The third kappa shape index (κ3) is 3.79. The molecule has 1 aromatic carbocycles. The first-order chi connectivity index (χ1) is 15.0.